The van der Waals surface area contributed by atoms with Gasteiger partial charge in [-0.15, -0.1) is 0 Å². The number of benzene rings is 2. The normalized spacial score (nSPS) is 10.2. The number of amides is 1. The van der Waals surface area contributed by atoms with Crippen LogP contribution in [0.4, 0.5) is 11.4 Å². The van der Waals surface area contributed by atoms with Crippen LogP contribution in [-0.4, -0.2) is 32.1 Å². The molecule has 0 aliphatic carbocycles. The molecule has 0 aliphatic rings. The maximum Gasteiger partial charge on any atom is 0.339 e. The minimum atomic E-state index is -0.467. The summed E-state index contributed by atoms with van der Waals surface area (Å²) < 4.78 is 4.74. The lowest BCUT2D eigenvalue weighted by molar-refractivity contribution is -0.116. The number of hydrogen-bond donors (Lipinski definition) is 1. The molecule has 0 heterocycles. The Morgan fingerprint density at radius 3 is 2.56 bits per heavy atom. The first-order valence-electron chi connectivity index (χ1n) is 8.34. The van der Waals surface area contributed by atoms with Crippen molar-refractivity contribution in [2.24, 2.45) is 0 Å². The van der Waals surface area contributed by atoms with Gasteiger partial charge in [-0.1, -0.05) is 24.3 Å². The second-order valence-electron chi connectivity index (χ2n) is 5.75. The Morgan fingerprint density at radius 1 is 1.12 bits per heavy atom. The Bertz CT molecular complexity index is 743. The average Bonchev–Trinajstić information content (AvgIpc) is 2.62. The molecule has 0 saturated heterocycles. The smallest absolute Gasteiger partial charge is 0.339 e. The number of carbonyl (C=O) groups is 2. The lowest BCUT2D eigenvalue weighted by Gasteiger charge is -2.23. The summed E-state index contributed by atoms with van der Waals surface area (Å²) in [6, 6.07) is 15.0. The van der Waals surface area contributed by atoms with E-state index in [1.165, 1.54) is 12.7 Å². The minimum absolute atomic E-state index is 0.137. The summed E-state index contributed by atoms with van der Waals surface area (Å²) >= 11 is 0. The van der Waals surface area contributed by atoms with Gasteiger partial charge in [0.05, 0.1) is 18.4 Å². The van der Waals surface area contributed by atoms with Crippen LogP contribution < -0.4 is 10.2 Å². The number of ether oxygens (including phenoxy) is 1. The fraction of sp³-hybridized carbons (Fsp3) is 0.300. The first-order valence-corrected chi connectivity index (χ1v) is 8.34. The largest absolute Gasteiger partial charge is 0.465 e. The number of anilines is 2. The highest BCUT2D eigenvalue weighted by molar-refractivity contribution is 6.01. The standard InChI is InChI=1S/C20H24N2O3/c1-4-22(16-9-7-8-15(2)14-16)13-12-19(23)21-18-11-6-5-10-17(18)20(24)25-3/h5-11,14H,4,12-13H2,1-3H3,(H,21,23). The third-order valence-electron chi connectivity index (χ3n) is 3.96. The number of esters is 1. The molecule has 0 unspecified atom stereocenters. The van der Waals surface area contributed by atoms with Crippen molar-refractivity contribution in [3.8, 4) is 0 Å². The van der Waals surface area contributed by atoms with Gasteiger partial charge in [0, 0.05) is 25.2 Å². The number of para-hydroxylation sites is 1. The van der Waals surface area contributed by atoms with Gasteiger partial charge in [-0.05, 0) is 43.7 Å². The number of nitrogens with one attached hydrogen (secondary N) is 1. The van der Waals surface area contributed by atoms with E-state index < -0.39 is 5.97 Å². The van der Waals surface area contributed by atoms with E-state index in [1.807, 2.05) is 25.1 Å². The van der Waals surface area contributed by atoms with Crippen molar-refractivity contribution in [3.63, 3.8) is 0 Å². The van der Waals surface area contributed by atoms with Crippen LogP contribution >= 0.6 is 0 Å². The van der Waals surface area contributed by atoms with E-state index in [-0.39, 0.29) is 5.91 Å². The highest BCUT2D eigenvalue weighted by Gasteiger charge is 2.14. The first-order chi connectivity index (χ1) is 12.0. The Balaban J connectivity index is 2.00. The van der Waals surface area contributed by atoms with Gasteiger partial charge in [0.25, 0.3) is 0 Å². The van der Waals surface area contributed by atoms with Gasteiger partial charge in [-0.25, -0.2) is 4.79 Å². The third-order valence-corrected chi connectivity index (χ3v) is 3.96. The monoisotopic (exact) mass is 340 g/mol. The van der Waals surface area contributed by atoms with Crippen LogP contribution in [0.2, 0.25) is 0 Å². The van der Waals surface area contributed by atoms with Crippen LogP contribution in [0.5, 0.6) is 0 Å². The molecule has 1 N–H and O–H groups in total. The maximum absolute atomic E-state index is 12.3. The van der Waals surface area contributed by atoms with Crippen molar-refractivity contribution >= 4 is 23.3 Å². The number of methoxy groups -OCH3 is 1. The summed E-state index contributed by atoms with van der Waals surface area (Å²) in [6.07, 6.45) is 0.331. The van der Waals surface area contributed by atoms with E-state index in [2.05, 4.69) is 23.2 Å². The fourth-order valence-corrected chi connectivity index (χ4v) is 2.62. The topological polar surface area (TPSA) is 58.6 Å². The van der Waals surface area contributed by atoms with Gasteiger partial charge >= 0.3 is 5.97 Å². The number of nitrogens with zero attached hydrogens (tertiary/aromatic N) is 1. The summed E-state index contributed by atoms with van der Waals surface area (Å²) in [4.78, 5) is 26.2. The summed E-state index contributed by atoms with van der Waals surface area (Å²) in [5.41, 5.74) is 3.11. The number of hydrogen-bond acceptors (Lipinski definition) is 4. The summed E-state index contributed by atoms with van der Waals surface area (Å²) in [7, 11) is 1.32. The Hall–Kier alpha value is -2.82. The Morgan fingerprint density at radius 2 is 1.88 bits per heavy atom. The molecule has 2 aromatic carbocycles. The van der Waals surface area contributed by atoms with Gasteiger partial charge in [0.15, 0.2) is 0 Å². The van der Waals surface area contributed by atoms with E-state index in [4.69, 9.17) is 4.74 Å². The van der Waals surface area contributed by atoms with E-state index in [0.29, 0.717) is 24.2 Å². The molecule has 0 spiro atoms. The van der Waals surface area contributed by atoms with Crippen molar-refractivity contribution in [2.75, 3.05) is 30.4 Å². The molecule has 132 valence electrons. The molecule has 0 saturated carbocycles. The lowest BCUT2D eigenvalue weighted by Crippen LogP contribution is -2.27. The number of carbonyl (C=O) groups excluding carboxylic acids is 2. The van der Waals surface area contributed by atoms with Gasteiger partial charge in [0.2, 0.25) is 5.91 Å². The fourth-order valence-electron chi connectivity index (χ4n) is 2.62. The molecule has 2 rings (SSSR count). The molecule has 25 heavy (non-hydrogen) atoms. The third kappa shape index (κ3) is 5.08. The molecule has 5 heteroatoms. The van der Waals surface area contributed by atoms with Crippen molar-refractivity contribution < 1.29 is 14.3 Å². The van der Waals surface area contributed by atoms with E-state index in [9.17, 15) is 9.59 Å². The maximum atomic E-state index is 12.3. The van der Waals surface area contributed by atoms with Crippen molar-refractivity contribution in [1.29, 1.82) is 0 Å². The highest BCUT2D eigenvalue weighted by atomic mass is 16.5. The van der Waals surface area contributed by atoms with Crippen LogP contribution in [0.3, 0.4) is 0 Å². The quantitative estimate of drug-likeness (QED) is 0.782. The molecular formula is C20H24N2O3. The van der Waals surface area contributed by atoms with E-state index in [1.54, 1.807) is 24.3 Å². The Labute approximate surface area is 148 Å². The minimum Gasteiger partial charge on any atom is -0.465 e. The second-order valence-corrected chi connectivity index (χ2v) is 5.75. The van der Waals surface area contributed by atoms with Crippen LogP contribution in [0.1, 0.15) is 29.3 Å². The molecule has 5 nitrogen and oxygen atoms in total. The van der Waals surface area contributed by atoms with Crippen LogP contribution in [0.15, 0.2) is 48.5 Å². The first kappa shape index (κ1) is 18.5. The SMILES string of the molecule is CCN(CCC(=O)Nc1ccccc1C(=O)OC)c1cccc(C)c1. The molecule has 0 aliphatic heterocycles. The number of rotatable bonds is 7. The van der Waals surface area contributed by atoms with Crippen molar-refractivity contribution in [1.82, 2.24) is 0 Å². The molecule has 0 fully saturated rings. The lowest BCUT2D eigenvalue weighted by atomic mass is 10.1. The molecular weight excluding hydrogens is 316 g/mol. The zero-order valence-corrected chi connectivity index (χ0v) is 14.9. The van der Waals surface area contributed by atoms with Crippen LogP contribution in [0, 0.1) is 6.92 Å². The summed E-state index contributed by atoms with van der Waals surface area (Å²) in [5, 5.41) is 2.80. The molecule has 1 amide bonds. The predicted molar refractivity (Wildman–Crippen MR) is 100 cm³/mol. The molecule has 0 bridgehead atoms. The molecule has 0 aromatic heterocycles. The van der Waals surface area contributed by atoms with E-state index in [0.717, 1.165) is 12.2 Å². The van der Waals surface area contributed by atoms with Crippen molar-refractivity contribution in [2.45, 2.75) is 20.3 Å². The summed E-state index contributed by atoms with van der Waals surface area (Å²) in [5.74, 6) is -0.603. The Kier molecular flexibility index (Phi) is 6.57. The zero-order chi connectivity index (χ0) is 18.2. The molecule has 0 atom stereocenters. The van der Waals surface area contributed by atoms with Gasteiger partial charge in [0.1, 0.15) is 0 Å². The van der Waals surface area contributed by atoms with Crippen LogP contribution in [0.25, 0.3) is 0 Å². The van der Waals surface area contributed by atoms with Crippen LogP contribution in [-0.2, 0) is 9.53 Å². The summed E-state index contributed by atoms with van der Waals surface area (Å²) in [6.45, 7) is 5.53. The van der Waals surface area contributed by atoms with Crippen molar-refractivity contribution in [3.05, 3.63) is 59.7 Å². The molecule has 2 aromatic rings. The molecule has 0 radical (unpaired) electrons. The predicted octanol–water partition coefficient (Wildman–Crippen LogP) is 3.64. The number of aryl methyl sites for hydroxylation is 1. The highest BCUT2D eigenvalue weighted by Crippen LogP contribution is 2.18. The average molecular weight is 340 g/mol. The second kappa shape index (κ2) is 8.87. The van der Waals surface area contributed by atoms with Gasteiger partial charge < -0.3 is 15.0 Å². The zero-order valence-electron chi connectivity index (χ0n) is 14.9. The van der Waals surface area contributed by atoms with Gasteiger partial charge in [-0.3, -0.25) is 4.79 Å². The van der Waals surface area contributed by atoms with E-state index >= 15 is 0 Å². The van der Waals surface area contributed by atoms with Gasteiger partial charge in [-0.2, -0.15) is 0 Å².